The van der Waals surface area contributed by atoms with Gasteiger partial charge in [-0.15, -0.1) is 0 Å². The molecular formula is C16H24F2N2O4S. The van der Waals surface area contributed by atoms with E-state index >= 15 is 0 Å². The zero-order valence-corrected chi connectivity index (χ0v) is 15.5. The molecule has 9 heteroatoms. The fraction of sp³-hybridized carbons (Fsp3) is 0.562. The molecule has 0 fully saturated rings. The second-order valence-corrected chi connectivity index (χ2v) is 8.26. The smallest absolute Gasteiger partial charge is 0.345 e. The lowest BCUT2D eigenvalue weighted by Gasteiger charge is -2.20. The average Bonchev–Trinajstić information content (AvgIpc) is 2.44. The highest BCUT2D eigenvalue weighted by Crippen LogP contribution is 2.17. The Morgan fingerprint density at radius 1 is 1.28 bits per heavy atom. The maximum atomic E-state index is 12.4. The first-order valence-corrected chi connectivity index (χ1v) is 9.23. The van der Waals surface area contributed by atoms with Gasteiger partial charge in [0.1, 0.15) is 0 Å². The molecule has 142 valence electrons. The number of amides is 1. The van der Waals surface area contributed by atoms with Crippen LogP contribution in [0.1, 0.15) is 43.1 Å². The van der Waals surface area contributed by atoms with Crippen molar-refractivity contribution in [2.24, 2.45) is 0 Å². The second-order valence-electron chi connectivity index (χ2n) is 6.57. The van der Waals surface area contributed by atoms with E-state index < -0.39 is 28.1 Å². The molecule has 0 unspecified atom stereocenters. The van der Waals surface area contributed by atoms with E-state index in [-0.39, 0.29) is 30.0 Å². The van der Waals surface area contributed by atoms with Gasteiger partial charge in [0.2, 0.25) is 10.0 Å². The Hall–Kier alpha value is -1.58. The maximum absolute atomic E-state index is 12.4. The van der Waals surface area contributed by atoms with Crippen molar-refractivity contribution >= 4 is 15.9 Å². The van der Waals surface area contributed by atoms with Gasteiger partial charge in [0, 0.05) is 17.6 Å². The molecule has 0 spiro atoms. The van der Waals surface area contributed by atoms with Crippen LogP contribution in [-0.2, 0) is 14.8 Å². The maximum Gasteiger partial charge on any atom is 0.345 e. The third-order valence-electron chi connectivity index (χ3n) is 3.06. The number of ether oxygens (including phenoxy) is 1. The fourth-order valence-electron chi connectivity index (χ4n) is 2.02. The molecule has 25 heavy (non-hydrogen) atoms. The molecule has 0 atom stereocenters. The standard InChI is InChI=1S/C16H24F2N2O4S/c1-11-6-7-12(25(22,23)20-16(2,3)4)10-13(11)14(21)19-8-5-9-24-15(17)18/h6-7,10,15,20H,5,8-9H2,1-4H3,(H,19,21). The van der Waals surface area contributed by atoms with E-state index in [1.807, 2.05) is 0 Å². The molecule has 0 aliphatic heterocycles. The largest absolute Gasteiger partial charge is 0.352 e. The van der Waals surface area contributed by atoms with Crippen molar-refractivity contribution in [1.82, 2.24) is 10.0 Å². The van der Waals surface area contributed by atoms with Gasteiger partial charge in [-0.1, -0.05) is 6.07 Å². The minimum Gasteiger partial charge on any atom is -0.352 e. The molecule has 1 aromatic rings. The van der Waals surface area contributed by atoms with Gasteiger partial charge in [-0.3, -0.25) is 4.79 Å². The number of carbonyl (C=O) groups excluding carboxylic acids is 1. The lowest BCUT2D eigenvalue weighted by molar-refractivity contribution is -0.128. The van der Waals surface area contributed by atoms with E-state index in [1.54, 1.807) is 33.8 Å². The number of rotatable bonds is 8. The number of alkyl halides is 2. The number of aryl methyl sites for hydroxylation is 1. The normalized spacial score (nSPS) is 12.4. The number of nitrogens with one attached hydrogen (secondary N) is 2. The lowest BCUT2D eigenvalue weighted by Crippen LogP contribution is -2.40. The van der Waals surface area contributed by atoms with E-state index in [1.165, 1.54) is 12.1 Å². The van der Waals surface area contributed by atoms with E-state index in [4.69, 9.17) is 0 Å². The van der Waals surface area contributed by atoms with Crippen molar-refractivity contribution in [2.45, 2.75) is 51.2 Å². The first-order valence-electron chi connectivity index (χ1n) is 7.75. The summed E-state index contributed by atoms with van der Waals surface area (Å²) in [5.74, 6) is -0.470. The van der Waals surface area contributed by atoms with Gasteiger partial charge >= 0.3 is 6.61 Å². The lowest BCUT2D eigenvalue weighted by atomic mass is 10.1. The van der Waals surface area contributed by atoms with Crippen molar-refractivity contribution < 1.29 is 26.7 Å². The predicted octanol–water partition coefficient (Wildman–Crippen LogP) is 2.43. The number of halogens is 2. The molecule has 1 aromatic carbocycles. The number of carbonyl (C=O) groups is 1. The third-order valence-corrected chi connectivity index (χ3v) is 4.81. The van der Waals surface area contributed by atoms with Gasteiger partial charge in [-0.25, -0.2) is 13.1 Å². The van der Waals surface area contributed by atoms with Gasteiger partial charge in [-0.2, -0.15) is 8.78 Å². The molecule has 1 amide bonds. The van der Waals surface area contributed by atoms with E-state index in [0.29, 0.717) is 5.56 Å². The summed E-state index contributed by atoms with van der Waals surface area (Å²) in [5.41, 5.74) is 0.166. The zero-order valence-electron chi connectivity index (χ0n) is 14.7. The minimum absolute atomic E-state index is 0.0146. The number of benzene rings is 1. The highest BCUT2D eigenvalue weighted by Gasteiger charge is 2.23. The summed E-state index contributed by atoms with van der Waals surface area (Å²) < 4.78 is 55.0. The molecule has 0 radical (unpaired) electrons. The minimum atomic E-state index is -3.76. The molecule has 0 aliphatic rings. The Kier molecular flexibility index (Phi) is 7.45. The molecule has 0 heterocycles. The average molecular weight is 378 g/mol. The Morgan fingerprint density at radius 2 is 1.92 bits per heavy atom. The summed E-state index contributed by atoms with van der Waals surface area (Å²) >= 11 is 0. The predicted molar refractivity (Wildman–Crippen MR) is 90.2 cm³/mol. The summed E-state index contributed by atoms with van der Waals surface area (Å²) in [7, 11) is -3.76. The molecule has 6 nitrogen and oxygen atoms in total. The molecule has 2 N–H and O–H groups in total. The molecule has 1 rings (SSSR count). The highest BCUT2D eigenvalue weighted by atomic mass is 32.2. The van der Waals surface area contributed by atoms with E-state index in [2.05, 4.69) is 14.8 Å². The van der Waals surface area contributed by atoms with Crippen LogP contribution < -0.4 is 10.0 Å². The first-order chi connectivity index (χ1) is 11.4. The van der Waals surface area contributed by atoms with Crippen LogP contribution in [0.15, 0.2) is 23.1 Å². The van der Waals surface area contributed by atoms with Crippen LogP contribution in [0.2, 0.25) is 0 Å². The van der Waals surface area contributed by atoms with Crippen LogP contribution in [0, 0.1) is 6.92 Å². The van der Waals surface area contributed by atoms with Gasteiger partial charge in [-0.05, 0) is 51.8 Å². The topological polar surface area (TPSA) is 84.5 Å². The molecule has 0 aliphatic carbocycles. The number of sulfonamides is 1. The van der Waals surface area contributed by atoms with Crippen molar-refractivity contribution in [3.8, 4) is 0 Å². The monoisotopic (exact) mass is 378 g/mol. The van der Waals surface area contributed by atoms with Crippen LogP contribution in [-0.4, -0.2) is 39.6 Å². The van der Waals surface area contributed by atoms with Crippen LogP contribution in [0.4, 0.5) is 8.78 Å². The highest BCUT2D eigenvalue weighted by molar-refractivity contribution is 7.89. The van der Waals surface area contributed by atoms with Crippen molar-refractivity contribution in [3.63, 3.8) is 0 Å². The van der Waals surface area contributed by atoms with Crippen LogP contribution in [0.25, 0.3) is 0 Å². The quantitative estimate of drug-likeness (QED) is 0.681. The fourth-order valence-corrected chi connectivity index (χ4v) is 3.46. The van der Waals surface area contributed by atoms with Gasteiger partial charge in [0.15, 0.2) is 0 Å². The summed E-state index contributed by atoms with van der Waals surface area (Å²) in [5, 5.41) is 2.56. The summed E-state index contributed by atoms with van der Waals surface area (Å²) in [6.45, 7) is 3.95. The Labute approximate surface area is 147 Å². The third kappa shape index (κ3) is 7.45. The molecule has 0 saturated carbocycles. The van der Waals surface area contributed by atoms with Crippen molar-refractivity contribution in [2.75, 3.05) is 13.2 Å². The summed E-state index contributed by atoms with van der Waals surface area (Å²) in [6.07, 6.45) is 0.221. The summed E-state index contributed by atoms with van der Waals surface area (Å²) in [4.78, 5) is 12.2. The van der Waals surface area contributed by atoms with Gasteiger partial charge < -0.3 is 10.1 Å². The Balaban J connectivity index is 2.82. The van der Waals surface area contributed by atoms with Crippen molar-refractivity contribution in [3.05, 3.63) is 29.3 Å². The van der Waals surface area contributed by atoms with Gasteiger partial charge in [0.25, 0.3) is 5.91 Å². The number of hydrogen-bond acceptors (Lipinski definition) is 4. The molecule has 0 bridgehead atoms. The van der Waals surface area contributed by atoms with Crippen LogP contribution in [0.3, 0.4) is 0 Å². The Bertz CT molecular complexity index is 701. The van der Waals surface area contributed by atoms with Crippen LogP contribution >= 0.6 is 0 Å². The first kappa shape index (κ1) is 21.5. The molecule has 0 aromatic heterocycles. The van der Waals surface area contributed by atoms with E-state index in [0.717, 1.165) is 0 Å². The summed E-state index contributed by atoms with van der Waals surface area (Å²) in [6, 6.07) is 4.27. The molecular weight excluding hydrogens is 354 g/mol. The van der Waals surface area contributed by atoms with Crippen molar-refractivity contribution in [1.29, 1.82) is 0 Å². The van der Waals surface area contributed by atoms with Gasteiger partial charge in [0.05, 0.1) is 11.5 Å². The Morgan fingerprint density at radius 3 is 2.48 bits per heavy atom. The zero-order chi connectivity index (χ0) is 19.3. The van der Waals surface area contributed by atoms with E-state index in [9.17, 15) is 22.0 Å². The molecule has 0 saturated heterocycles. The van der Waals surface area contributed by atoms with Crippen LogP contribution in [0.5, 0.6) is 0 Å². The second kappa shape index (κ2) is 8.68. The number of hydrogen-bond donors (Lipinski definition) is 2. The SMILES string of the molecule is Cc1ccc(S(=O)(=O)NC(C)(C)C)cc1C(=O)NCCCOC(F)F.